The number of hydrogen-bond donors (Lipinski definition) is 0. The molecular weight excluding hydrogens is 192 g/mol. The highest BCUT2D eigenvalue weighted by atomic mass is 16.5. The predicted octanol–water partition coefficient (Wildman–Crippen LogP) is 2.08. The fourth-order valence-corrected chi connectivity index (χ4v) is 1.75. The molecule has 0 saturated heterocycles. The maximum atomic E-state index is 5.25. The first-order valence-corrected chi connectivity index (χ1v) is 5.36. The molecule has 2 rings (SSSR count). The van der Waals surface area contributed by atoms with Crippen molar-refractivity contribution >= 4 is 0 Å². The van der Waals surface area contributed by atoms with E-state index in [2.05, 4.69) is 22.3 Å². The van der Waals surface area contributed by atoms with E-state index in [1.54, 1.807) is 7.11 Å². The van der Waals surface area contributed by atoms with Crippen molar-refractivity contribution in [2.24, 2.45) is 0 Å². The van der Waals surface area contributed by atoms with Gasteiger partial charge in [0.2, 0.25) is 5.89 Å². The SMILES string of the molecule is COCCc1noc([C@H]2CC=CCC2)n1. The number of nitrogens with zero attached hydrogens (tertiary/aromatic N) is 2. The van der Waals surface area contributed by atoms with Gasteiger partial charge in [-0.25, -0.2) is 0 Å². The molecule has 0 radical (unpaired) electrons. The Morgan fingerprint density at radius 2 is 2.47 bits per heavy atom. The maximum Gasteiger partial charge on any atom is 0.230 e. The van der Waals surface area contributed by atoms with Gasteiger partial charge in [-0.05, 0) is 19.3 Å². The van der Waals surface area contributed by atoms with Crippen molar-refractivity contribution in [1.82, 2.24) is 10.1 Å². The minimum absolute atomic E-state index is 0.416. The van der Waals surface area contributed by atoms with Gasteiger partial charge in [-0.1, -0.05) is 17.3 Å². The van der Waals surface area contributed by atoms with Gasteiger partial charge < -0.3 is 9.26 Å². The molecule has 1 aromatic rings. The zero-order valence-electron chi connectivity index (χ0n) is 8.98. The van der Waals surface area contributed by atoms with Crippen LogP contribution in [0.4, 0.5) is 0 Å². The molecule has 0 aliphatic heterocycles. The highest BCUT2D eigenvalue weighted by Gasteiger charge is 2.18. The molecule has 0 aromatic carbocycles. The Hall–Kier alpha value is -1.16. The summed E-state index contributed by atoms with van der Waals surface area (Å²) in [4.78, 5) is 4.38. The fourth-order valence-electron chi connectivity index (χ4n) is 1.75. The quantitative estimate of drug-likeness (QED) is 0.711. The standard InChI is InChI=1S/C11H16N2O2/c1-14-8-7-10-12-11(15-13-10)9-5-3-2-4-6-9/h2-3,9H,4-8H2,1H3/t9-/m0/s1. The van der Waals surface area contributed by atoms with Crippen LogP contribution >= 0.6 is 0 Å². The van der Waals surface area contributed by atoms with Crippen molar-refractivity contribution in [3.8, 4) is 0 Å². The lowest BCUT2D eigenvalue weighted by molar-refractivity contribution is 0.199. The van der Waals surface area contributed by atoms with Crippen LogP contribution in [-0.4, -0.2) is 23.9 Å². The molecule has 0 bridgehead atoms. The van der Waals surface area contributed by atoms with Gasteiger partial charge in [-0.3, -0.25) is 0 Å². The van der Waals surface area contributed by atoms with E-state index in [1.807, 2.05) is 0 Å². The van der Waals surface area contributed by atoms with Crippen LogP contribution in [0.25, 0.3) is 0 Å². The second-order valence-corrected chi connectivity index (χ2v) is 3.77. The molecule has 0 unspecified atom stereocenters. The van der Waals surface area contributed by atoms with Crippen molar-refractivity contribution < 1.29 is 9.26 Å². The molecule has 0 spiro atoms. The minimum atomic E-state index is 0.416. The summed E-state index contributed by atoms with van der Waals surface area (Å²) in [7, 11) is 1.67. The molecule has 0 saturated carbocycles. The van der Waals surface area contributed by atoms with Gasteiger partial charge in [0.05, 0.1) is 6.61 Å². The Bertz CT molecular complexity index is 333. The number of rotatable bonds is 4. The van der Waals surface area contributed by atoms with Gasteiger partial charge in [0.25, 0.3) is 0 Å². The third-order valence-corrected chi connectivity index (χ3v) is 2.63. The van der Waals surface area contributed by atoms with Crippen LogP contribution in [0.15, 0.2) is 16.7 Å². The fraction of sp³-hybridized carbons (Fsp3) is 0.636. The van der Waals surface area contributed by atoms with Crippen molar-refractivity contribution in [2.45, 2.75) is 31.6 Å². The molecule has 1 aliphatic rings. The normalized spacial score (nSPS) is 20.7. The van der Waals surface area contributed by atoms with Gasteiger partial charge in [0.15, 0.2) is 5.82 Å². The lowest BCUT2D eigenvalue weighted by Crippen LogP contribution is -2.02. The number of aromatic nitrogens is 2. The summed E-state index contributed by atoms with van der Waals surface area (Å²) in [6.45, 7) is 0.642. The Morgan fingerprint density at radius 1 is 1.53 bits per heavy atom. The van der Waals surface area contributed by atoms with Crippen molar-refractivity contribution in [3.63, 3.8) is 0 Å². The third-order valence-electron chi connectivity index (χ3n) is 2.63. The molecule has 0 fully saturated rings. The zero-order valence-corrected chi connectivity index (χ0v) is 8.98. The number of methoxy groups -OCH3 is 1. The first kappa shape index (κ1) is 10.4. The van der Waals surface area contributed by atoms with E-state index < -0.39 is 0 Å². The smallest absolute Gasteiger partial charge is 0.230 e. The molecule has 1 aromatic heterocycles. The number of allylic oxidation sites excluding steroid dienone is 2. The van der Waals surface area contributed by atoms with E-state index in [0.717, 1.165) is 37.4 Å². The monoisotopic (exact) mass is 208 g/mol. The van der Waals surface area contributed by atoms with Crippen LogP contribution in [0.2, 0.25) is 0 Å². The van der Waals surface area contributed by atoms with Crippen molar-refractivity contribution in [3.05, 3.63) is 23.9 Å². The van der Waals surface area contributed by atoms with E-state index in [1.165, 1.54) is 0 Å². The van der Waals surface area contributed by atoms with Crippen molar-refractivity contribution in [1.29, 1.82) is 0 Å². The van der Waals surface area contributed by atoms with E-state index in [9.17, 15) is 0 Å². The average Bonchev–Trinajstić information content (AvgIpc) is 2.76. The second-order valence-electron chi connectivity index (χ2n) is 3.77. The lowest BCUT2D eigenvalue weighted by atomic mass is 9.94. The topological polar surface area (TPSA) is 48.2 Å². The molecule has 82 valence electrons. The van der Waals surface area contributed by atoms with Crippen LogP contribution in [0, 0.1) is 0 Å². The largest absolute Gasteiger partial charge is 0.384 e. The highest BCUT2D eigenvalue weighted by Crippen LogP contribution is 2.27. The zero-order chi connectivity index (χ0) is 10.5. The van der Waals surface area contributed by atoms with Crippen LogP contribution in [0.5, 0.6) is 0 Å². The van der Waals surface area contributed by atoms with Crippen LogP contribution in [0.3, 0.4) is 0 Å². The van der Waals surface area contributed by atoms with Gasteiger partial charge in [0, 0.05) is 19.4 Å². The molecule has 4 nitrogen and oxygen atoms in total. The van der Waals surface area contributed by atoms with Crippen LogP contribution in [-0.2, 0) is 11.2 Å². The molecule has 1 aliphatic carbocycles. The summed E-state index contributed by atoms with van der Waals surface area (Å²) in [5.41, 5.74) is 0. The first-order chi connectivity index (χ1) is 7.40. The first-order valence-electron chi connectivity index (χ1n) is 5.36. The van der Waals surface area contributed by atoms with Crippen molar-refractivity contribution in [2.75, 3.05) is 13.7 Å². The Balaban J connectivity index is 1.96. The minimum Gasteiger partial charge on any atom is -0.384 e. The molecular formula is C11H16N2O2. The summed E-state index contributed by atoms with van der Waals surface area (Å²) in [6, 6.07) is 0. The summed E-state index contributed by atoms with van der Waals surface area (Å²) in [6.07, 6.45) is 8.36. The molecule has 15 heavy (non-hydrogen) atoms. The van der Waals surface area contributed by atoms with Gasteiger partial charge >= 0.3 is 0 Å². The summed E-state index contributed by atoms with van der Waals surface area (Å²) < 4.78 is 10.2. The summed E-state index contributed by atoms with van der Waals surface area (Å²) >= 11 is 0. The van der Waals surface area contributed by atoms with Gasteiger partial charge in [-0.2, -0.15) is 4.98 Å². The molecule has 0 amide bonds. The number of ether oxygens (including phenoxy) is 1. The lowest BCUT2D eigenvalue weighted by Gasteiger charge is -2.12. The maximum absolute atomic E-state index is 5.25. The molecule has 1 heterocycles. The Labute approximate surface area is 89.3 Å². The summed E-state index contributed by atoms with van der Waals surface area (Å²) in [5, 5.41) is 3.94. The number of hydrogen-bond acceptors (Lipinski definition) is 4. The molecule has 4 heteroatoms. The predicted molar refractivity (Wildman–Crippen MR) is 55.6 cm³/mol. The van der Waals surface area contributed by atoms with Gasteiger partial charge in [0.1, 0.15) is 0 Å². The average molecular weight is 208 g/mol. The van der Waals surface area contributed by atoms with Crippen LogP contribution in [0.1, 0.15) is 36.9 Å². The third kappa shape index (κ3) is 2.65. The van der Waals surface area contributed by atoms with Gasteiger partial charge in [-0.15, -0.1) is 0 Å². The van der Waals surface area contributed by atoms with E-state index in [-0.39, 0.29) is 0 Å². The molecule has 0 N–H and O–H groups in total. The van der Waals surface area contributed by atoms with E-state index >= 15 is 0 Å². The Morgan fingerprint density at radius 3 is 3.20 bits per heavy atom. The summed E-state index contributed by atoms with van der Waals surface area (Å²) in [5.74, 6) is 1.95. The molecule has 1 atom stereocenters. The Kier molecular flexibility index (Phi) is 3.50. The highest BCUT2D eigenvalue weighted by molar-refractivity contribution is 5.02. The van der Waals surface area contributed by atoms with E-state index in [0.29, 0.717) is 12.5 Å². The second kappa shape index (κ2) is 5.07. The van der Waals surface area contributed by atoms with Crippen LogP contribution < -0.4 is 0 Å². The van der Waals surface area contributed by atoms with E-state index in [4.69, 9.17) is 9.26 Å².